The van der Waals surface area contributed by atoms with Crippen molar-refractivity contribution in [2.75, 3.05) is 0 Å². The largest absolute Gasteiger partial charge is 0.269 e. The number of fused-ring (bicyclic) bond motifs is 6. The Morgan fingerprint density at radius 3 is 2.59 bits per heavy atom. The highest BCUT2D eigenvalue weighted by Crippen LogP contribution is 2.57. The van der Waals surface area contributed by atoms with Crippen molar-refractivity contribution < 1.29 is 0 Å². The zero-order valence-electron chi connectivity index (χ0n) is 22.5. The molecular formula is C36H36N2S. The van der Waals surface area contributed by atoms with Crippen LogP contribution in [-0.4, -0.2) is 34.1 Å². The summed E-state index contributed by atoms with van der Waals surface area (Å²) in [5, 5.41) is 0.522. The fraction of sp³-hybridized carbons (Fsp3) is 0.361. The fourth-order valence-electron chi connectivity index (χ4n) is 8.01. The molecule has 3 heteroatoms. The molecule has 1 saturated heterocycles. The van der Waals surface area contributed by atoms with Gasteiger partial charge in [-0.25, -0.2) is 0 Å². The monoisotopic (exact) mass is 528 g/mol. The Morgan fingerprint density at radius 1 is 0.846 bits per heavy atom. The summed E-state index contributed by atoms with van der Waals surface area (Å²) in [7, 11) is 0. The molecule has 3 heterocycles. The standard InChI is InChI=1S/C36H36N2S/c1-23-30(24-12-4-2-5-13-24)22-31(25-14-6-3-7-15-25)37-36(23)38-32-18-10-8-16-26(32)28-20-21-29-27-17-9-11-19-33(27)39-35(29)34(28)38/h3-4,6-14,16-23,25-28,32-34,36H,2,5,15H2,1H3. The predicted octanol–water partition coefficient (Wildman–Crippen LogP) is 7.83. The van der Waals surface area contributed by atoms with Crippen molar-refractivity contribution in [3.63, 3.8) is 0 Å². The minimum atomic E-state index is 0.115. The van der Waals surface area contributed by atoms with Gasteiger partial charge in [0.05, 0.1) is 6.04 Å². The smallest absolute Gasteiger partial charge is 0.110 e. The van der Waals surface area contributed by atoms with Crippen LogP contribution in [0.5, 0.6) is 0 Å². The van der Waals surface area contributed by atoms with Gasteiger partial charge in [0.15, 0.2) is 0 Å². The Bertz CT molecular complexity index is 1440. The van der Waals surface area contributed by atoms with E-state index in [1.54, 1.807) is 10.5 Å². The van der Waals surface area contributed by atoms with E-state index in [4.69, 9.17) is 4.99 Å². The predicted molar refractivity (Wildman–Crippen MR) is 165 cm³/mol. The van der Waals surface area contributed by atoms with Crippen LogP contribution in [0, 0.1) is 29.6 Å². The Hall–Kier alpha value is -2.88. The lowest BCUT2D eigenvalue weighted by atomic mass is 9.79. The molecule has 2 nitrogen and oxygen atoms in total. The van der Waals surface area contributed by atoms with E-state index in [2.05, 4.69) is 133 Å². The summed E-state index contributed by atoms with van der Waals surface area (Å²) in [6.45, 7) is 2.43. The first-order valence-electron chi connectivity index (χ1n) is 14.8. The summed E-state index contributed by atoms with van der Waals surface area (Å²) in [6.07, 6.45) is 45.9. The van der Waals surface area contributed by atoms with Crippen LogP contribution < -0.4 is 0 Å². The molecule has 5 aliphatic carbocycles. The van der Waals surface area contributed by atoms with Gasteiger partial charge < -0.3 is 0 Å². The normalized spacial score (nSPS) is 41.3. The molecule has 0 aromatic heterocycles. The average Bonchev–Trinajstić information content (AvgIpc) is 3.54. The Labute approximate surface area is 237 Å². The molecule has 196 valence electrons. The van der Waals surface area contributed by atoms with Crippen LogP contribution in [0.1, 0.15) is 26.2 Å². The first-order chi connectivity index (χ1) is 19.3. The minimum Gasteiger partial charge on any atom is -0.269 e. The zero-order chi connectivity index (χ0) is 25.9. The molecule has 0 spiro atoms. The topological polar surface area (TPSA) is 15.6 Å². The molecule has 0 amide bonds. The van der Waals surface area contributed by atoms with Gasteiger partial charge >= 0.3 is 0 Å². The summed E-state index contributed by atoms with van der Waals surface area (Å²) in [5.41, 5.74) is 5.68. The number of aliphatic imine (C=N–C) groups is 1. The lowest BCUT2D eigenvalue weighted by Crippen LogP contribution is -2.50. The minimum absolute atomic E-state index is 0.115. The molecule has 39 heavy (non-hydrogen) atoms. The number of rotatable bonds is 3. The van der Waals surface area contributed by atoms with Crippen molar-refractivity contribution in [3.05, 3.63) is 131 Å². The van der Waals surface area contributed by atoms with E-state index in [1.807, 2.05) is 0 Å². The van der Waals surface area contributed by atoms with Gasteiger partial charge in [-0.1, -0.05) is 110 Å². The second kappa shape index (κ2) is 9.64. The van der Waals surface area contributed by atoms with Gasteiger partial charge in [0.1, 0.15) is 6.17 Å². The van der Waals surface area contributed by atoms with Crippen molar-refractivity contribution in [2.24, 2.45) is 34.6 Å². The maximum Gasteiger partial charge on any atom is 0.110 e. The van der Waals surface area contributed by atoms with Crippen molar-refractivity contribution in [2.45, 2.75) is 49.7 Å². The number of thioether (sulfide) groups is 1. The molecule has 0 saturated carbocycles. The average molecular weight is 529 g/mol. The van der Waals surface area contributed by atoms with E-state index in [9.17, 15) is 0 Å². The fourth-order valence-corrected chi connectivity index (χ4v) is 9.61. The summed E-state index contributed by atoms with van der Waals surface area (Å²) in [6, 6.07) is 0.740. The second-order valence-electron chi connectivity index (χ2n) is 12.0. The van der Waals surface area contributed by atoms with Gasteiger partial charge in [-0.05, 0) is 42.1 Å². The lowest BCUT2D eigenvalue weighted by molar-refractivity contribution is 0.133. The summed E-state index contributed by atoms with van der Waals surface area (Å²) in [5.74, 6) is 2.16. The third-order valence-corrected chi connectivity index (χ3v) is 11.3. The van der Waals surface area contributed by atoms with E-state index < -0.39 is 0 Å². The quantitative estimate of drug-likeness (QED) is 0.371. The SMILES string of the molecule is CC1C(C2=CCCC=C2)=CC(C2C=CC=CC2)=NC1N1C2C=CC=CC2C2C=CC3=C(SC4C=CC=CC34)C21. The van der Waals surface area contributed by atoms with Gasteiger partial charge in [-0.15, -0.1) is 11.8 Å². The van der Waals surface area contributed by atoms with Crippen LogP contribution in [0.3, 0.4) is 0 Å². The van der Waals surface area contributed by atoms with E-state index >= 15 is 0 Å². The molecule has 0 radical (unpaired) electrons. The van der Waals surface area contributed by atoms with Crippen LogP contribution in [0.2, 0.25) is 0 Å². The van der Waals surface area contributed by atoms with Crippen LogP contribution in [0.4, 0.5) is 0 Å². The Balaban J connectivity index is 1.25. The summed E-state index contributed by atoms with van der Waals surface area (Å²) >= 11 is 2.12. The van der Waals surface area contributed by atoms with Crippen molar-refractivity contribution in [1.29, 1.82) is 0 Å². The molecule has 9 atom stereocenters. The first kappa shape index (κ1) is 24.0. The summed E-state index contributed by atoms with van der Waals surface area (Å²) < 4.78 is 0. The van der Waals surface area contributed by atoms with Crippen LogP contribution in [-0.2, 0) is 0 Å². The van der Waals surface area contributed by atoms with Gasteiger partial charge in [-0.2, -0.15) is 0 Å². The lowest BCUT2D eigenvalue weighted by Gasteiger charge is -2.43. The number of allylic oxidation sites excluding steroid dienone is 16. The Morgan fingerprint density at radius 2 is 1.72 bits per heavy atom. The molecule has 0 aromatic carbocycles. The van der Waals surface area contributed by atoms with Gasteiger partial charge in [-0.3, -0.25) is 9.89 Å². The van der Waals surface area contributed by atoms with E-state index in [0.717, 1.165) is 19.3 Å². The van der Waals surface area contributed by atoms with Crippen molar-refractivity contribution in [3.8, 4) is 0 Å². The van der Waals surface area contributed by atoms with Crippen LogP contribution >= 0.6 is 11.8 Å². The van der Waals surface area contributed by atoms with E-state index in [0.29, 0.717) is 46.9 Å². The summed E-state index contributed by atoms with van der Waals surface area (Å²) in [4.78, 5) is 10.1. The number of hydrogen-bond donors (Lipinski definition) is 0. The molecule has 3 aliphatic heterocycles. The maximum absolute atomic E-state index is 5.69. The number of dihydropyridines is 1. The number of likely N-dealkylation sites (tertiary alicyclic amines) is 1. The molecule has 0 N–H and O–H groups in total. The van der Waals surface area contributed by atoms with E-state index in [-0.39, 0.29) is 6.17 Å². The third kappa shape index (κ3) is 3.84. The molecule has 0 aromatic rings. The second-order valence-corrected chi connectivity index (χ2v) is 13.2. The maximum atomic E-state index is 5.69. The van der Waals surface area contributed by atoms with Crippen LogP contribution in [0.25, 0.3) is 0 Å². The molecule has 8 aliphatic rings. The van der Waals surface area contributed by atoms with Gasteiger partial charge in [0.2, 0.25) is 0 Å². The van der Waals surface area contributed by atoms with Gasteiger partial charge in [0.25, 0.3) is 0 Å². The molecule has 9 unspecified atom stereocenters. The highest BCUT2D eigenvalue weighted by atomic mass is 32.2. The molecule has 1 fully saturated rings. The molecular weight excluding hydrogens is 492 g/mol. The number of hydrogen-bond acceptors (Lipinski definition) is 3. The van der Waals surface area contributed by atoms with Crippen molar-refractivity contribution >= 4 is 17.5 Å². The highest BCUT2D eigenvalue weighted by molar-refractivity contribution is 8.04. The third-order valence-electron chi connectivity index (χ3n) is 9.90. The Kier molecular flexibility index (Phi) is 5.92. The van der Waals surface area contributed by atoms with E-state index in [1.165, 1.54) is 16.9 Å². The highest BCUT2D eigenvalue weighted by Gasteiger charge is 2.55. The van der Waals surface area contributed by atoms with Crippen molar-refractivity contribution in [1.82, 2.24) is 4.90 Å². The zero-order valence-corrected chi connectivity index (χ0v) is 23.3. The molecule has 8 rings (SSSR count). The first-order valence-corrected chi connectivity index (χ1v) is 15.7. The molecule has 0 bridgehead atoms. The van der Waals surface area contributed by atoms with Crippen LogP contribution in [0.15, 0.2) is 136 Å². The number of nitrogens with zero attached hydrogens (tertiary/aromatic N) is 2. The van der Waals surface area contributed by atoms with Gasteiger partial charge in [0, 0.05) is 51.5 Å².